The van der Waals surface area contributed by atoms with Crippen LogP contribution < -0.4 is 0 Å². The van der Waals surface area contributed by atoms with E-state index in [1.54, 1.807) is 0 Å². The van der Waals surface area contributed by atoms with E-state index in [9.17, 15) is 44.6 Å². The van der Waals surface area contributed by atoms with Gasteiger partial charge in [-0.3, -0.25) is 18.6 Å². The molecular weight excluding hydrogens is 791 g/mol. The molecule has 14 heteroatoms. The first kappa shape index (κ1) is 56.1. The van der Waals surface area contributed by atoms with Crippen molar-refractivity contribution in [3.05, 3.63) is 36.5 Å². The minimum Gasteiger partial charge on any atom is -0.462 e. The lowest BCUT2D eigenvalue weighted by atomic mass is 9.85. The van der Waals surface area contributed by atoms with Crippen molar-refractivity contribution in [2.45, 2.75) is 230 Å². The van der Waals surface area contributed by atoms with Gasteiger partial charge in [0.1, 0.15) is 43.2 Å². The molecule has 0 aromatic rings. The monoisotopic (exact) mass is 875 g/mol. The lowest BCUT2D eigenvalue weighted by molar-refractivity contribution is -0.220. The number of phosphoric ester groups is 1. The standard InChI is InChI=1S/C46H83O13P/c1-3-5-7-9-11-13-15-17-19-20-21-23-24-26-28-30-32-34-39(47)56-36-38(37-57-60(54,55)59-46-44(52)42(50)41(49)43(51)45(46)53)58-40(48)35-33-31-29-27-25-22-18-16-14-12-10-8-6-4-2/h10,12,16-19,38,41-46,49-53H,3-9,11,13-15,20-37H2,1-2H3,(H,54,55)/b12-10-,18-16-,19-17-. The summed E-state index contributed by atoms with van der Waals surface area (Å²) in [6.07, 6.45) is 27.7. The maximum Gasteiger partial charge on any atom is 0.472 e. The first-order valence-electron chi connectivity index (χ1n) is 23.3. The summed E-state index contributed by atoms with van der Waals surface area (Å²) in [5, 5.41) is 50.1. The lowest BCUT2D eigenvalue weighted by Gasteiger charge is -2.41. The van der Waals surface area contributed by atoms with E-state index in [1.165, 1.54) is 70.6 Å². The molecule has 0 saturated heterocycles. The summed E-state index contributed by atoms with van der Waals surface area (Å²) in [7, 11) is -5.12. The first-order valence-corrected chi connectivity index (χ1v) is 24.8. The second kappa shape index (κ2) is 36.5. The highest BCUT2D eigenvalue weighted by molar-refractivity contribution is 7.47. The van der Waals surface area contributed by atoms with Crippen LogP contribution in [-0.2, 0) is 32.7 Å². The topological polar surface area (TPSA) is 210 Å². The minimum absolute atomic E-state index is 0.0799. The molecule has 0 spiro atoms. The number of carbonyl (C=O) groups is 2. The van der Waals surface area contributed by atoms with Crippen LogP contribution >= 0.6 is 7.82 Å². The average molecular weight is 875 g/mol. The molecule has 350 valence electrons. The molecule has 0 aliphatic heterocycles. The van der Waals surface area contributed by atoms with Crippen molar-refractivity contribution < 1.29 is 63.1 Å². The van der Waals surface area contributed by atoms with E-state index in [-0.39, 0.29) is 12.8 Å². The molecule has 6 unspecified atom stereocenters. The van der Waals surface area contributed by atoms with Gasteiger partial charge in [0, 0.05) is 12.8 Å². The smallest absolute Gasteiger partial charge is 0.462 e. The molecule has 0 aromatic heterocycles. The number of aliphatic hydroxyl groups is 5. The van der Waals surface area contributed by atoms with Gasteiger partial charge in [-0.15, -0.1) is 0 Å². The third-order valence-corrected chi connectivity index (χ3v) is 11.7. The van der Waals surface area contributed by atoms with Crippen LogP contribution in [-0.4, -0.2) is 98.3 Å². The van der Waals surface area contributed by atoms with Crippen molar-refractivity contribution in [3.8, 4) is 0 Å². The number of allylic oxidation sites excluding steroid dienone is 6. The number of ether oxygens (including phenoxy) is 2. The second-order valence-corrected chi connectivity index (χ2v) is 17.7. The molecule has 0 bridgehead atoms. The summed E-state index contributed by atoms with van der Waals surface area (Å²) < 4.78 is 33.5. The zero-order valence-corrected chi connectivity index (χ0v) is 37.9. The zero-order valence-electron chi connectivity index (χ0n) is 37.0. The molecule has 1 fully saturated rings. The number of hydrogen-bond donors (Lipinski definition) is 6. The molecule has 0 heterocycles. The van der Waals surface area contributed by atoms with E-state index in [4.69, 9.17) is 18.5 Å². The lowest BCUT2D eigenvalue weighted by Crippen LogP contribution is -2.64. The number of carbonyl (C=O) groups excluding carboxylic acids is 2. The Morgan fingerprint density at radius 1 is 0.517 bits per heavy atom. The second-order valence-electron chi connectivity index (χ2n) is 16.3. The Balaban J connectivity index is 2.46. The van der Waals surface area contributed by atoms with Crippen molar-refractivity contribution in [1.82, 2.24) is 0 Å². The summed E-state index contributed by atoms with van der Waals surface area (Å²) in [5.74, 6) is -1.12. The molecule has 0 radical (unpaired) electrons. The van der Waals surface area contributed by atoms with Gasteiger partial charge in [-0.05, 0) is 64.2 Å². The van der Waals surface area contributed by atoms with Crippen LogP contribution in [0.25, 0.3) is 0 Å². The van der Waals surface area contributed by atoms with E-state index in [1.807, 2.05) is 0 Å². The Bertz CT molecular complexity index is 1190. The van der Waals surface area contributed by atoms with Gasteiger partial charge in [-0.25, -0.2) is 4.57 Å². The van der Waals surface area contributed by atoms with Crippen molar-refractivity contribution in [1.29, 1.82) is 0 Å². The van der Waals surface area contributed by atoms with E-state index < -0.39 is 75.7 Å². The number of phosphoric acid groups is 1. The molecule has 1 aliphatic rings. The molecule has 1 rings (SSSR count). The van der Waals surface area contributed by atoms with Crippen LogP contribution in [0, 0.1) is 0 Å². The van der Waals surface area contributed by atoms with Gasteiger partial charge < -0.3 is 39.9 Å². The van der Waals surface area contributed by atoms with E-state index in [0.717, 1.165) is 77.0 Å². The van der Waals surface area contributed by atoms with Crippen LogP contribution in [0.5, 0.6) is 0 Å². The van der Waals surface area contributed by atoms with Crippen LogP contribution in [0.4, 0.5) is 0 Å². The first-order chi connectivity index (χ1) is 28.9. The van der Waals surface area contributed by atoms with Crippen molar-refractivity contribution in [3.63, 3.8) is 0 Å². The number of hydrogen-bond acceptors (Lipinski definition) is 12. The molecule has 60 heavy (non-hydrogen) atoms. The summed E-state index contributed by atoms with van der Waals surface area (Å²) in [6.45, 7) is 3.24. The van der Waals surface area contributed by atoms with Gasteiger partial charge in [0.05, 0.1) is 6.61 Å². The van der Waals surface area contributed by atoms with Crippen LogP contribution in [0.1, 0.15) is 187 Å². The summed E-state index contributed by atoms with van der Waals surface area (Å²) in [5.41, 5.74) is 0. The highest BCUT2D eigenvalue weighted by atomic mass is 31.2. The third-order valence-electron chi connectivity index (χ3n) is 10.7. The predicted octanol–water partition coefficient (Wildman–Crippen LogP) is 9.00. The summed E-state index contributed by atoms with van der Waals surface area (Å²) in [6, 6.07) is 0. The molecule has 6 atom stereocenters. The van der Waals surface area contributed by atoms with Gasteiger partial charge in [0.2, 0.25) is 0 Å². The van der Waals surface area contributed by atoms with Crippen LogP contribution in [0.2, 0.25) is 0 Å². The van der Waals surface area contributed by atoms with Gasteiger partial charge in [0.25, 0.3) is 0 Å². The fourth-order valence-corrected chi connectivity index (χ4v) is 7.86. The molecule has 0 aromatic carbocycles. The third kappa shape index (κ3) is 28.6. The van der Waals surface area contributed by atoms with Crippen molar-refractivity contribution >= 4 is 19.8 Å². The highest BCUT2D eigenvalue weighted by Gasteiger charge is 2.51. The summed E-state index contributed by atoms with van der Waals surface area (Å²) in [4.78, 5) is 35.7. The van der Waals surface area contributed by atoms with Gasteiger partial charge in [0.15, 0.2) is 6.10 Å². The van der Waals surface area contributed by atoms with Crippen molar-refractivity contribution in [2.75, 3.05) is 13.2 Å². The number of aliphatic hydroxyl groups excluding tert-OH is 5. The van der Waals surface area contributed by atoms with Gasteiger partial charge in [-0.2, -0.15) is 0 Å². The van der Waals surface area contributed by atoms with Crippen LogP contribution in [0.3, 0.4) is 0 Å². The fourth-order valence-electron chi connectivity index (χ4n) is 6.89. The average Bonchev–Trinajstić information content (AvgIpc) is 3.23. The molecular formula is C46H83O13P. The van der Waals surface area contributed by atoms with E-state index in [2.05, 4.69) is 50.3 Å². The Morgan fingerprint density at radius 3 is 1.42 bits per heavy atom. The Hall–Kier alpha value is -1.93. The highest BCUT2D eigenvalue weighted by Crippen LogP contribution is 2.47. The maximum absolute atomic E-state index is 12.8. The van der Waals surface area contributed by atoms with Gasteiger partial charge in [-0.1, -0.05) is 147 Å². The molecule has 1 saturated carbocycles. The number of rotatable bonds is 38. The maximum atomic E-state index is 12.8. The van der Waals surface area contributed by atoms with Crippen LogP contribution in [0.15, 0.2) is 36.5 Å². The largest absolute Gasteiger partial charge is 0.472 e. The normalized spacial score (nSPS) is 22.5. The summed E-state index contributed by atoms with van der Waals surface area (Å²) >= 11 is 0. The molecule has 13 nitrogen and oxygen atoms in total. The number of unbranched alkanes of at least 4 members (excludes halogenated alkanes) is 20. The van der Waals surface area contributed by atoms with E-state index >= 15 is 0 Å². The molecule has 6 N–H and O–H groups in total. The quantitative estimate of drug-likeness (QED) is 0.0148. The van der Waals surface area contributed by atoms with Gasteiger partial charge >= 0.3 is 19.8 Å². The zero-order chi connectivity index (χ0) is 44.3. The Morgan fingerprint density at radius 2 is 0.917 bits per heavy atom. The fraction of sp³-hybridized carbons (Fsp3) is 0.826. The SMILES string of the molecule is CCCC/C=C\C/C=C\CCCCCCCC(=O)OC(COC(=O)CCCCCCCCC/C=C\CCCCCCCC)COP(=O)(O)OC1C(O)C(O)C(O)C(O)C1O. The molecule has 1 aliphatic carbocycles. The van der Waals surface area contributed by atoms with Crippen molar-refractivity contribution in [2.24, 2.45) is 0 Å². The van der Waals surface area contributed by atoms with E-state index in [0.29, 0.717) is 12.8 Å². The minimum atomic E-state index is -5.12. The Kier molecular flexibility index (Phi) is 34.2. The molecule has 0 amide bonds. The Labute approximate surface area is 361 Å². The predicted molar refractivity (Wildman–Crippen MR) is 235 cm³/mol. The number of esters is 2.